The zero-order valence-electron chi connectivity index (χ0n) is 18.0. The number of nitrogens with zero attached hydrogens (tertiary/aromatic N) is 3. The molecule has 0 radical (unpaired) electrons. The van der Waals surface area contributed by atoms with E-state index in [4.69, 9.17) is 4.74 Å². The Morgan fingerprint density at radius 2 is 1.94 bits per heavy atom. The summed E-state index contributed by atoms with van der Waals surface area (Å²) in [5.41, 5.74) is 0.773. The lowest BCUT2D eigenvalue weighted by Gasteiger charge is -2.33. The Kier molecular flexibility index (Phi) is 5.36. The molecule has 1 aromatic heterocycles. The third-order valence-corrected chi connectivity index (χ3v) is 6.23. The van der Waals surface area contributed by atoms with Crippen molar-refractivity contribution in [2.75, 3.05) is 13.7 Å². The Morgan fingerprint density at radius 3 is 2.70 bits per heavy atom. The minimum atomic E-state index is -4.48. The molecule has 2 aliphatic heterocycles. The molecule has 33 heavy (non-hydrogen) atoms. The summed E-state index contributed by atoms with van der Waals surface area (Å²) in [7, 11) is 2.02. The SMILES string of the molecule is CN1Cc2nc(C(=O)NC3COc4cccc(C(F)(F)F)c4C3)cn2CC1c1ccccc1. The molecule has 3 aromatic rings. The summed E-state index contributed by atoms with van der Waals surface area (Å²) in [5.74, 6) is 0.569. The van der Waals surface area contributed by atoms with Gasteiger partial charge in [-0.2, -0.15) is 13.2 Å². The Bertz CT molecular complexity index is 1180. The van der Waals surface area contributed by atoms with Crippen molar-refractivity contribution in [3.05, 3.63) is 82.9 Å². The van der Waals surface area contributed by atoms with Crippen LogP contribution < -0.4 is 10.1 Å². The summed E-state index contributed by atoms with van der Waals surface area (Å²) in [6.07, 6.45) is -2.72. The van der Waals surface area contributed by atoms with E-state index in [1.165, 1.54) is 17.7 Å². The summed E-state index contributed by atoms with van der Waals surface area (Å²) in [6, 6.07) is 13.6. The molecule has 2 aliphatic rings. The highest BCUT2D eigenvalue weighted by molar-refractivity contribution is 5.92. The number of hydrogen-bond donors (Lipinski definition) is 1. The predicted octanol–water partition coefficient (Wildman–Crippen LogP) is 3.82. The second-order valence-corrected chi connectivity index (χ2v) is 8.50. The van der Waals surface area contributed by atoms with Crippen molar-refractivity contribution in [3.63, 3.8) is 0 Å². The molecule has 0 bridgehead atoms. The van der Waals surface area contributed by atoms with Gasteiger partial charge in [0, 0.05) is 24.7 Å². The molecule has 3 heterocycles. The normalized spacial score (nSPS) is 20.5. The second-order valence-electron chi connectivity index (χ2n) is 8.50. The van der Waals surface area contributed by atoms with Crippen molar-refractivity contribution in [2.24, 2.45) is 0 Å². The van der Waals surface area contributed by atoms with Crippen LogP contribution in [0.25, 0.3) is 0 Å². The highest BCUT2D eigenvalue weighted by Gasteiger charge is 2.37. The quantitative estimate of drug-likeness (QED) is 0.651. The molecule has 9 heteroatoms. The van der Waals surface area contributed by atoms with Crippen LogP contribution in [-0.2, 0) is 25.7 Å². The van der Waals surface area contributed by atoms with Crippen molar-refractivity contribution in [3.8, 4) is 5.75 Å². The monoisotopic (exact) mass is 456 g/mol. The van der Waals surface area contributed by atoms with Crippen LogP contribution in [-0.4, -0.2) is 40.1 Å². The predicted molar refractivity (Wildman–Crippen MR) is 115 cm³/mol. The van der Waals surface area contributed by atoms with E-state index in [1.54, 1.807) is 6.20 Å². The lowest BCUT2D eigenvalue weighted by Crippen LogP contribution is -2.43. The van der Waals surface area contributed by atoms with Gasteiger partial charge in [0.2, 0.25) is 0 Å². The zero-order valence-corrected chi connectivity index (χ0v) is 18.0. The van der Waals surface area contributed by atoms with Gasteiger partial charge in [-0.15, -0.1) is 0 Å². The van der Waals surface area contributed by atoms with Gasteiger partial charge in [-0.25, -0.2) is 4.98 Å². The van der Waals surface area contributed by atoms with Gasteiger partial charge in [-0.3, -0.25) is 9.69 Å². The first-order chi connectivity index (χ1) is 15.8. The lowest BCUT2D eigenvalue weighted by molar-refractivity contribution is -0.138. The highest BCUT2D eigenvalue weighted by atomic mass is 19.4. The minimum absolute atomic E-state index is 0.0448. The van der Waals surface area contributed by atoms with Crippen LogP contribution in [0.1, 0.15) is 39.0 Å². The van der Waals surface area contributed by atoms with E-state index < -0.39 is 23.7 Å². The molecule has 0 saturated carbocycles. The van der Waals surface area contributed by atoms with Gasteiger partial charge in [-0.1, -0.05) is 36.4 Å². The van der Waals surface area contributed by atoms with Crippen LogP contribution in [0, 0.1) is 0 Å². The van der Waals surface area contributed by atoms with Crippen molar-refractivity contribution >= 4 is 5.91 Å². The van der Waals surface area contributed by atoms with Crippen molar-refractivity contribution in [1.29, 1.82) is 0 Å². The third-order valence-electron chi connectivity index (χ3n) is 6.23. The molecular formula is C24H23F3N4O2. The summed E-state index contributed by atoms with van der Waals surface area (Å²) < 4.78 is 47.7. The van der Waals surface area contributed by atoms with Gasteiger partial charge in [0.1, 0.15) is 23.9 Å². The van der Waals surface area contributed by atoms with Crippen molar-refractivity contribution in [2.45, 2.75) is 37.8 Å². The van der Waals surface area contributed by atoms with Crippen molar-refractivity contribution in [1.82, 2.24) is 19.8 Å². The van der Waals surface area contributed by atoms with E-state index in [9.17, 15) is 18.0 Å². The van der Waals surface area contributed by atoms with Gasteiger partial charge in [0.25, 0.3) is 5.91 Å². The van der Waals surface area contributed by atoms with Crippen LogP contribution >= 0.6 is 0 Å². The van der Waals surface area contributed by atoms with Crippen LogP contribution in [0.5, 0.6) is 5.75 Å². The van der Waals surface area contributed by atoms with E-state index in [0.717, 1.165) is 11.9 Å². The fourth-order valence-corrected chi connectivity index (χ4v) is 4.57. The van der Waals surface area contributed by atoms with E-state index in [1.807, 2.05) is 29.8 Å². The first-order valence-corrected chi connectivity index (χ1v) is 10.7. The molecule has 1 N–H and O–H groups in total. The maximum atomic E-state index is 13.4. The van der Waals surface area contributed by atoms with Gasteiger partial charge < -0.3 is 14.6 Å². The van der Waals surface area contributed by atoms with E-state index in [-0.39, 0.29) is 36.1 Å². The number of benzene rings is 2. The number of rotatable bonds is 3. The van der Waals surface area contributed by atoms with Gasteiger partial charge >= 0.3 is 6.18 Å². The number of fused-ring (bicyclic) bond motifs is 2. The summed E-state index contributed by atoms with van der Waals surface area (Å²) in [5, 5.41) is 2.80. The maximum absolute atomic E-state index is 13.4. The summed E-state index contributed by atoms with van der Waals surface area (Å²) in [4.78, 5) is 19.5. The largest absolute Gasteiger partial charge is 0.491 e. The van der Waals surface area contributed by atoms with Crippen LogP contribution in [0.15, 0.2) is 54.7 Å². The third kappa shape index (κ3) is 4.20. The fourth-order valence-electron chi connectivity index (χ4n) is 4.57. The average Bonchev–Trinajstić information content (AvgIpc) is 3.21. The molecule has 2 aromatic carbocycles. The maximum Gasteiger partial charge on any atom is 0.416 e. The number of halogens is 3. The number of amides is 1. The summed E-state index contributed by atoms with van der Waals surface area (Å²) in [6.45, 7) is 1.35. The van der Waals surface area contributed by atoms with Crippen LogP contribution in [0.4, 0.5) is 13.2 Å². The molecule has 172 valence electrons. The molecule has 0 fully saturated rings. The molecule has 0 saturated heterocycles. The molecule has 2 atom stereocenters. The molecule has 6 nitrogen and oxygen atoms in total. The zero-order chi connectivity index (χ0) is 23.2. The molecule has 0 spiro atoms. The fraction of sp³-hybridized carbons (Fsp3) is 0.333. The number of ether oxygens (including phenoxy) is 1. The first-order valence-electron chi connectivity index (χ1n) is 10.7. The number of hydrogen-bond acceptors (Lipinski definition) is 4. The number of carbonyl (C=O) groups excluding carboxylic acids is 1. The van der Waals surface area contributed by atoms with Gasteiger partial charge in [0.05, 0.1) is 24.2 Å². The molecule has 0 aliphatic carbocycles. The van der Waals surface area contributed by atoms with Crippen LogP contribution in [0.3, 0.4) is 0 Å². The Hall–Kier alpha value is -3.33. The number of nitrogens with one attached hydrogen (secondary N) is 1. The smallest absolute Gasteiger partial charge is 0.416 e. The number of likely N-dealkylation sites (N-methyl/N-ethyl adjacent to an activating group) is 1. The second kappa shape index (κ2) is 8.22. The first kappa shape index (κ1) is 21.5. The molecule has 2 unspecified atom stereocenters. The number of carbonyl (C=O) groups is 1. The van der Waals surface area contributed by atoms with Gasteiger partial charge in [-0.05, 0) is 24.7 Å². The van der Waals surface area contributed by atoms with Gasteiger partial charge in [0.15, 0.2) is 0 Å². The van der Waals surface area contributed by atoms with Crippen molar-refractivity contribution < 1.29 is 22.7 Å². The summed E-state index contributed by atoms with van der Waals surface area (Å²) >= 11 is 0. The molecular weight excluding hydrogens is 433 g/mol. The standard InChI is InChI=1S/C24H23F3N4O2/c1-30-13-22-29-19(11-31(22)12-20(30)15-6-3-2-4-7-15)23(32)28-16-10-17-18(24(25,26)27)8-5-9-21(17)33-14-16/h2-9,11,16,20H,10,12-14H2,1H3,(H,28,32). The number of aromatic nitrogens is 2. The Morgan fingerprint density at radius 1 is 1.15 bits per heavy atom. The molecule has 5 rings (SSSR count). The number of imidazole rings is 1. The van der Waals surface area contributed by atoms with E-state index >= 15 is 0 Å². The topological polar surface area (TPSA) is 59.4 Å². The molecule has 1 amide bonds. The van der Waals surface area contributed by atoms with E-state index in [2.05, 4.69) is 27.3 Å². The van der Waals surface area contributed by atoms with Crippen LogP contribution in [0.2, 0.25) is 0 Å². The Labute approximate surface area is 189 Å². The Balaban J connectivity index is 1.31. The minimum Gasteiger partial charge on any atom is -0.491 e. The number of alkyl halides is 3. The van der Waals surface area contributed by atoms with E-state index in [0.29, 0.717) is 13.1 Å². The highest BCUT2D eigenvalue weighted by Crippen LogP contribution is 2.38. The average molecular weight is 456 g/mol. The lowest BCUT2D eigenvalue weighted by atomic mass is 9.96.